The standard InChI is InChI=1S/C13H11Cl2F2NO2S/c1-6(19)21-5-7-2-10(20)18(4-7)9-3-8(14)12(16)11(15)13(9)17/h3,7H,2,4-5H2,1H3. The molecule has 114 valence electrons. The van der Waals surface area contributed by atoms with Crippen molar-refractivity contribution in [3.8, 4) is 0 Å². The first-order valence-electron chi connectivity index (χ1n) is 6.08. The van der Waals surface area contributed by atoms with E-state index < -0.39 is 16.7 Å². The molecule has 3 nitrogen and oxygen atoms in total. The van der Waals surface area contributed by atoms with Gasteiger partial charge in [-0.3, -0.25) is 9.59 Å². The van der Waals surface area contributed by atoms with Gasteiger partial charge in [-0.25, -0.2) is 8.78 Å². The summed E-state index contributed by atoms with van der Waals surface area (Å²) < 4.78 is 27.4. The van der Waals surface area contributed by atoms with E-state index in [1.54, 1.807) is 0 Å². The van der Waals surface area contributed by atoms with Crippen LogP contribution in [0.15, 0.2) is 6.07 Å². The zero-order valence-corrected chi connectivity index (χ0v) is 13.3. The predicted molar refractivity (Wildman–Crippen MR) is 80.0 cm³/mol. The predicted octanol–water partition coefficient (Wildman–Crippen LogP) is 3.90. The number of benzene rings is 1. The smallest absolute Gasteiger partial charge is 0.227 e. The quantitative estimate of drug-likeness (QED) is 0.610. The molecule has 1 aromatic rings. The second kappa shape index (κ2) is 6.50. The van der Waals surface area contributed by atoms with E-state index in [0.29, 0.717) is 5.75 Å². The molecule has 1 aliphatic heterocycles. The van der Waals surface area contributed by atoms with Gasteiger partial charge >= 0.3 is 0 Å². The molecule has 8 heteroatoms. The summed E-state index contributed by atoms with van der Waals surface area (Å²) in [7, 11) is 0. The number of carbonyl (C=O) groups is 2. The average Bonchev–Trinajstić information content (AvgIpc) is 2.79. The van der Waals surface area contributed by atoms with Crippen LogP contribution in [0.5, 0.6) is 0 Å². The fourth-order valence-corrected chi connectivity index (χ4v) is 3.26. The average molecular weight is 354 g/mol. The van der Waals surface area contributed by atoms with Gasteiger partial charge in [0.15, 0.2) is 16.7 Å². The van der Waals surface area contributed by atoms with Gasteiger partial charge in [-0.05, 0) is 12.0 Å². The van der Waals surface area contributed by atoms with Crippen LogP contribution in [0.1, 0.15) is 13.3 Å². The van der Waals surface area contributed by atoms with E-state index in [-0.39, 0.29) is 40.6 Å². The zero-order chi connectivity index (χ0) is 15.7. The van der Waals surface area contributed by atoms with Crippen LogP contribution in [0, 0.1) is 17.6 Å². The van der Waals surface area contributed by atoms with E-state index in [0.717, 1.165) is 17.8 Å². The van der Waals surface area contributed by atoms with Gasteiger partial charge in [-0.1, -0.05) is 35.0 Å². The molecule has 1 amide bonds. The topological polar surface area (TPSA) is 37.4 Å². The Hall–Kier alpha value is -0.850. The molecule has 0 bridgehead atoms. The van der Waals surface area contributed by atoms with E-state index in [4.69, 9.17) is 23.2 Å². The van der Waals surface area contributed by atoms with Crippen molar-refractivity contribution in [3.63, 3.8) is 0 Å². The molecule has 1 unspecified atom stereocenters. The Balaban J connectivity index is 2.23. The molecule has 1 saturated heterocycles. The van der Waals surface area contributed by atoms with Crippen LogP contribution in [-0.4, -0.2) is 23.3 Å². The summed E-state index contributed by atoms with van der Waals surface area (Å²) in [6, 6.07) is 1.05. The highest BCUT2D eigenvalue weighted by atomic mass is 35.5. The van der Waals surface area contributed by atoms with E-state index in [1.165, 1.54) is 11.8 Å². The summed E-state index contributed by atoms with van der Waals surface area (Å²) in [5, 5.41) is -1.11. The van der Waals surface area contributed by atoms with Gasteiger partial charge in [0, 0.05) is 25.6 Å². The lowest BCUT2D eigenvalue weighted by Gasteiger charge is -2.18. The van der Waals surface area contributed by atoms with Crippen molar-refractivity contribution in [2.45, 2.75) is 13.3 Å². The van der Waals surface area contributed by atoms with E-state index in [1.807, 2.05) is 0 Å². The maximum absolute atomic E-state index is 14.0. The van der Waals surface area contributed by atoms with Crippen molar-refractivity contribution in [2.75, 3.05) is 17.2 Å². The fraction of sp³-hybridized carbons (Fsp3) is 0.385. The van der Waals surface area contributed by atoms with Crippen molar-refractivity contribution in [1.29, 1.82) is 0 Å². The van der Waals surface area contributed by atoms with Crippen molar-refractivity contribution < 1.29 is 18.4 Å². The molecule has 1 atom stereocenters. The molecular formula is C13H11Cl2F2NO2S. The Morgan fingerprint density at radius 1 is 1.43 bits per heavy atom. The first-order valence-corrected chi connectivity index (χ1v) is 7.82. The summed E-state index contributed by atoms with van der Waals surface area (Å²) in [6.07, 6.45) is 0.201. The molecule has 0 spiro atoms. The lowest BCUT2D eigenvalue weighted by Crippen LogP contribution is -2.26. The van der Waals surface area contributed by atoms with Crippen LogP contribution < -0.4 is 4.90 Å². The van der Waals surface area contributed by atoms with Crippen LogP contribution >= 0.6 is 35.0 Å². The summed E-state index contributed by atoms with van der Waals surface area (Å²) in [5.41, 5.74) is -0.133. The van der Waals surface area contributed by atoms with Gasteiger partial charge < -0.3 is 4.90 Å². The van der Waals surface area contributed by atoms with Gasteiger partial charge in [0.2, 0.25) is 5.91 Å². The normalized spacial score (nSPS) is 18.4. The van der Waals surface area contributed by atoms with E-state index >= 15 is 0 Å². The molecule has 0 saturated carbocycles. The number of hydrogen-bond donors (Lipinski definition) is 0. The highest BCUT2D eigenvalue weighted by molar-refractivity contribution is 8.13. The summed E-state index contributed by atoms with van der Waals surface area (Å²) in [4.78, 5) is 24.1. The summed E-state index contributed by atoms with van der Waals surface area (Å²) in [5.74, 6) is -1.96. The lowest BCUT2D eigenvalue weighted by molar-refractivity contribution is -0.117. The number of hydrogen-bond acceptors (Lipinski definition) is 3. The number of anilines is 1. The molecule has 0 N–H and O–H groups in total. The van der Waals surface area contributed by atoms with Crippen LogP contribution in [-0.2, 0) is 9.59 Å². The Kier molecular flexibility index (Phi) is 5.11. The van der Waals surface area contributed by atoms with Crippen molar-refractivity contribution in [2.24, 2.45) is 5.92 Å². The molecule has 1 aromatic carbocycles. The fourth-order valence-electron chi connectivity index (χ4n) is 2.12. The maximum atomic E-state index is 14.0. The Morgan fingerprint density at radius 3 is 2.71 bits per heavy atom. The second-order valence-electron chi connectivity index (χ2n) is 4.70. The van der Waals surface area contributed by atoms with E-state index in [2.05, 4.69) is 0 Å². The SMILES string of the molecule is CC(=O)SCC1CC(=O)N(c2cc(Cl)c(F)c(Cl)c2F)C1. The molecule has 21 heavy (non-hydrogen) atoms. The van der Waals surface area contributed by atoms with Gasteiger partial charge in [-0.2, -0.15) is 0 Å². The molecule has 0 aromatic heterocycles. The third kappa shape index (κ3) is 3.49. The molecule has 1 heterocycles. The van der Waals surface area contributed by atoms with Gasteiger partial charge in [0.25, 0.3) is 0 Å². The highest BCUT2D eigenvalue weighted by Crippen LogP contribution is 2.36. The first kappa shape index (κ1) is 16.5. The number of carbonyl (C=O) groups excluding carboxylic acids is 2. The molecule has 1 aliphatic rings. The van der Waals surface area contributed by atoms with Gasteiger partial charge in [0.1, 0.15) is 5.02 Å². The van der Waals surface area contributed by atoms with Crippen LogP contribution in [0.4, 0.5) is 14.5 Å². The Labute approximate surface area is 134 Å². The van der Waals surface area contributed by atoms with Crippen molar-refractivity contribution in [3.05, 3.63) is 27.7 Å². The number of halogens is 4. The Morgan fingerprint density at radius 2 is 2.10 bits per heavy atom. The number of nitrogens with zero attached hydrogens (tertiary/aromatic N) is 1. The maximum Gasteiger partial charge on any atom is 0.227 e. The summed E-state index contributed by atoms with van der Waals surface area (Å²) >= 11 is 12.3. The molecule has 1 fully saturated rings. The minimum Gasteiger partial charge on any atom is -0.309 e. The zero-order valence-electron chi connectivity index (χ0n) is 11.0. The second-order valence-corrected chi connectivity index (χ2v) is 6.68. The van der Waals surface area contributed by atoms with Gasteiger partial charge in [-0.15, -0.1) is 0 Å². The molecule has 2 rings (SSSR count). The molecule has 0 aliphatic carbocycles. The van der Waals surface area contributed by atoms with Crippen molar-refractivity contribution in [1.82, 2.24) is 0 Å². The number of rotatable bonds is 3. The molecular weight excluding hydrogens is 343 g/mol. The monoisotopic (exact) mass is 353 g/mol. The number of thioether (sulfide) groups is 1. The van der Waals surface area contributed by atoms with Crippen molar-refractivity contribution >= 4 is 51.7 Å². The van der Waals surface area contributed by atoms with Gasteiger partial charge in [0.05, 0.1) is 10.7 Å². The third-order valence-corrected chi connectivity index (χ3v) is 4.75. The van der Waals surface area contributed by atoms with Crippen LogP contribution in [0.2, 0.25) is 10.0 Å². The summed E-state index contributed by atoms with van der Waals surface area (Å²) in [6.45, 7) is 1.69. The first-order chi connectivity index (χ1) is 9.81. The highest BCUT2D eigenvalue weighted by Gasteiger charge is 2.33. The Bertz CT molecular complexity index is 612. The molecule has 0 radical (unpaired) electrons. The number of amides is 1. The largest absolute Gasteiger partial charge is 0.309 e. The van der Waals surface area contributed by atoms with Crippen LogP contribution in [0.25, 0.3) is 0 Å². The minimum absolute atomic E-state index is 0.0417. The lowest BCUT2D eigenvalue weighted by atomic mass is 10.1. The third-order valence-electron chi connectivity index (χ3n) is 3.10. The van der Waals surface area contributed by atoms with E-state index in [9.17, 15) is 18.4 Å². The van der Waals surface area contributed by atoms with Crippen LogP contribution in [0.3, 0.4) is 0 Å². The minimum atomic E-state index is -1.05.